The molecule has 1 fully saturated rings. The lowest BCUT2D eigenvalue weighted by molar-refractivity contribution is 0.591. The van der Waals surface area contributed by atoms with Crippen LogP contribution in [0.2, 0.25) is 0 Å². The first kappa shape index (κ1) is 13.7. The minimum Gasteiger partial charge on any atom is -0.366 e. The molecule has 0 aromatic carbocycles. The molecule has 2 heterocycles. The van der Waals surface area contributed by atoms with Crippen LogP contribution in [0.25, 0.3) is 0 Å². The van der Waals surface area contributed by atoms with Crippen molar-refractivity contribution >= 4 is 15.7 Å². The van der Waals surface area contributed by atoms with Crippen LogP contribution < -0.4 is 5.32 Å². The van der Waals surface area contributed by atoms with Crippen LogP contribution in [0.15, 0.2) is 0 Å². The van der Waals surface area contributed by atoms with Crippen LogP contribution in [-0.4, -0.2) is 36.2 Å². The zero-order valence-corrected chi connectivity index (χ0v) is 11.8. The van der Waals surface area contributed by atoms with Crippen molar-refractivity contribution in [2.45, 2.75) is 31.9 Å². The van der Waals surface area contributed by atoms with Gasteiger partial charge in [-0.05, 0) is 32.3 Å². The second-order valence-corrected chi connectivity index (χ2v) is 7.16. The summed E-state index contributed by atoms with van der Waals surface area (Å²) in [7, 11) is -2.99. The lowest BCUT2D eigenvalue weighted by Gasteiger charge is -2.13. The average molecular weight is 280 g/mol. The van der Waals surface area contributed by atoms with Gasteiger partial charge in [0.15, 0.2) is 15.7 Å². The molecule has 1 aliphatic rings. The van der Waals surface area contributed by atoms with E-state index in [1.165, 1.54) is 0 Å². The van der Waals surface area contributed by atoms with Gasteiger partial charge < -0.3 is 5.32 Å². The summed E-state index contributed by atoms with van der Waals surface area (Å²) in [5.74, 6) is 0.621. The summed E-state index contributed by atoms with van der Waals surface area (Å²) in [4.78, 5) is 0. The van der Waals surface area contributed by atoms with Crippen molar-refractivity contribution < 1.29 is 8.42 Å². The summed E-state index contributed by atoms with van der Waals surface area (Å²) >= 11 is 0. The molecule has 2 rings (SSSR count). The largest absolute Gasteiger partial charge is 0.366 e. The molecule has 19 heavy (non-hydrogen) atoms. The van der Waals surface area contributed by atoms with E-state index in [-0.39, 0.29) is 17.5 Å². The highest BCUT2D eigenvalue weighted by molar-refractivity contribution is 7.92. The minimum absolute atomic E-state index is 0.253. The molecule has 102 valence electrons. The van der Waals surface area contributed by atoms with Gasteiger partial charge in [0.25, 0.3) is 0 Å². The van der Waals surface area contributed by atoms with Crippen LogP contribution in [0.5, 0.6) is 0 Å². The summed E-state index contributed by atoms with van der Waals surface area (Å²) in [5.41, 5.74) is 1.91. The van der Waals surface area contributed by atoms with Crippen molar-refractivity contribution in [1.82, 2.24) is 10.2 Å². The molecule has 1 aromatic heterocycles. The second-order valence-electron chi connectivity index (χ2n) is 4.76. The van der Waals surface area contributed by atoms with Gasteiger partial charge in [0.1, 0.15) is 11.6 Å². The Morgan fingerprint density at radius 3 is 2.74 bits per heavy atom. The van der Waals surface area contributed by atoms with Crippen LogP contribution in [0.3, 0.4) is 0 Å². The third kappa shape index (κ3) is 2.68. The average Bonchev–Trinajstić information content (AvgIpc) is 2.70. The van der Waals surface area contributed by atoms with Gasteiger partial charge in [-0.3, -0.25) is 0 Å². The van der Waals surface area contributed by atoms with Crippen molar-refractivity contribution in [2.24, 2.45) is 0 Å². The van der Waals surface area contributed by atoms with E-state index in [1.807, 2.05) is 0 Å². The van der Waals surface area contributed by atoms with Crippen LogP contribution in [0.4, 0.5) is 5.82 Å². The summed E-state index contributed by atoms with van der Waals surface area (Å²) in [5, 5.41) is 19.6. The smallest absolute Gasteiger partial charge is 0.166 e. The number of sulfone groups is 1. The highest BCUT2D eigenvalue weighted by atomic mass is 32.2. The summed E-state index contributed by atoms with van der Waals surface area (Å²) in [6.07, 6.45) is 1.37. The second kappa shape index (κ2) is 5.13. The van der Waals surface area contributed by atoms with Crippen molar-refractivity contribution in [1.29, 1.82) is 5.26 Å². The third-order valence-corrected chi connectivity index (χ3v) is 5.80. The molecule has 1 saturated heterocycles. The number of rotatable bonds is 3. The zero-order valence-electron chi connectivity index (χ0n) is 11.0. The minimum atomic E-state index is -2.99. The Kier molecular flexibility index (Phi) is 3.71. The highest BCUT2D eigenvalue weighted by Gasteiger charge is 2.31. The van der Waals surface area contributed by atoms with E-state index in [9.17, 15) is 8.42 Å². The number of aromatic nitrogens is 2. The van der Waals surface area contributed by atoms with E-state index in [0.717, 1.165) is 5.56 Å². The molecule has 1 aromatic rings. The molecule has 1 atom stereocenters. The van der Waals surface area contributed by atoms with Gasteiger partial charge in [-0.2, -0.15) is 10.4 Å². The molecule has 1 N–H and O–H groups in total. The molecule has 6 nitrogen and oxygen atoms in total. The first-order valence-electron chi connectivity index (χ1n) is 6.15. The normalized spacial score (nSPS) is 21.0. The lowest BCUT2D eigenvalue weighted by atomic mass is 10.1. The van der Waals surface area contributed by atoms with Crippen LogP contribution >= 0.6 is 0 Å². The molecule has 1 aliphatic heterocycles. The molecule has 0 saturated carbocycles. The Morgan fingerprint density at radius 2 is 2.16 bits per heavy atom. The predicted octanol–water partition coefficient (Wildman–Crippen LogP) is 0.954. The number of anilines is 1. The number of aryl methyl sites for hydroxylation is 1. The quantitative estimate of drug-likeness (QED) is 0.885. The summed E-state index contributed by atoms with van der Waals surface area (Å²) in [6.45, 7) is 3.88. The van der Waals surface area contributed by atoms with E-state index in [1.54, 1.807) is 13.8 Å². The van der Waals surface area contributed by atoms with Gasteiger partial charge in [0.05, 0.1) is 16.7 Å². The van der Waals surface area contributed by atoms with E-state index in [4.69, 9.17) is 5.26 Å². The standard InChI is InChI=1S/C12H16N4O2S/c1-8-9(2)15-16-12(11(8)6-13)14-7-10-4-3-5-19(10,17)18/h10H,3-5,7H2,1-2H3,(H,14,16). The summed E-state index contributed by atoms with van der Waals surface area (Å²) in [6, 6.07) is 2.09. The van der Waals surface area contributed by atoms with Crippen LogP contribution in [0, 0.1) is 25.2 Å². The van der Waals surface area contributed by atoms with Gasteiger partial charge in [-0.25, -0.2) is 8.42 Å². The van der Waals surface area contributed by atoms with Gasteiger partial charge in [-0.15, -0.1) is 5.10 Å². The molecule has 7 heteroatoms. The Bertz CT molecular complexity index is 634. The fourth-order valence-corrected chi connectivity index (χ4v) is 3.93. The Morgan fingerprint density at radius 1 is 1.42 bits per heavy atom. The fraction of sp³-hybridized carbons (Fsp3) is 0.583. The molecule has 1 unspecified atom stereocenters. The van der Waals surface area contributed by atoms with Crippen LogP contribution in [-0.2, 0) is 9.84 Å². The predicted molar refractivity (Wildman–Crippen MR) is 71.5 cm³/mol. The molecular formula is C12H16N4O2S. The van der Waals surface area contributed by atoms with Gasteiger partial charge in [0, 0.05) is 6.54 Å². The van der Waals surface area contributed by atoms with Crippen molar-refractivity contribution in [3.05, 3.63) is 16.8 Å². The molecule has 0 bridgehead atoms. The maximum Gasteiger partial charge on any atom is 0.166 e. The van der Waals surface area contributed by atoms with Crippen LogP contribution in [0.1, 0.15) is 29.7 Å². The van der Waals surface area contributed by atoms with Gasteiger partial charge >= 0.3 is 0 Å². The number of hydrogen-bond acceptors (Lipinski definition) is 6. The SMILES string of the molecule is Cc1nnc(NCC2CCCS2(=O)=O)c(C#N)c1C. The van der Waals surface area contributed by atoms with Crippen molar-refractivity contribution in [3.8, 4) is 6.07 Å². The van der Waals surface area contributed by atoms with Gasteiger partial charge in [-0.1, -0.05) is 0 Å². The molecule has 0 spiro atoms. The number of nitrogens with zero attached hydrogens (tertiary/aromatic N) is 3. The first-order chi connectivity index (χ1) is 8.95. The fourth-order valence-electron chi connectivity index (χ4n) is 2.17. The number of hydrogen-bond donors (Lipinski definition) is 1. The number of nitriles is 1. The zero-order chi connectivity index (χ0) is 14.0. The van der Waals surface area contributed by atoms with E-state index < -0.39 is 9.84 Å². The summed E-state index contributed by atoms with van der Waals surface area (Å²) < 4.78 is 23.4. The molecule has 0 amide bonds. The molecule has 0 aliphatic carbocycles. The van der Waals surface area contributed by atoms with Crippen molar-refractivity contribution in [2.75, 3.05) is 17.6 Å². The van der Waals surface area contributed by atoms with E-state index in [2.05, 4.69) is 21.6 Å². The molecule has 0 radical (unpaired) electrons. The van der Waals surface area contributed by atoms with E-state index >= 15 is 0 Å². The maximum absolute atomic E-state index is 11.7. The van der Waals surface area contributed by atoms with Crippen molar-refractivity contribution in [3.63, 3.8) is 0 Å². The Hall–Kier alpha value is -1.68. The Balaban J connectivity index is 2.17. The monoisotopic (exact) mass is 280 g/mol. The first-order valence-corrected chi connectivity index (χ1v) is 7.86. The van der Waals surface area contributed by atoms with E-state index in [0.29, 0.717) is 29.9 Å². The molecular weight excluding hydrogens is 264 g/mol. The third-order valence-electron chi connectivity index (χ3n) is 3.53. The Labute approximate surface area is 112 Å². The topological polar surface area (TPSA) is 95.7 Å². The van der Waals surface area contributed by atoms with Gasteiger partial charge in [0.2, 0.25) is 0 Å². The maximum atomic E-state index is 11.7. The number of nitrogens with one attached hydrogen (secondary N) is 1. The lowest BCUT2D eigenvalue weighted by Crippen LogP contribution is -2.26. The highest BCUT2D eigenvalue weighted by Crippen LogP contribution is 2.22.